The molecular weight excluding hydrogens is 284 g/mol. The van der Waals surface area contributed by atoms with Gasteiger partial charge in [0.2, 0.25) is 5.91 Å². The quantitative estimate of drug-likeness (QED) is 0.627. The Bertz CT molecular complexity index is 369. The van der Waals surface area contributed by atoms with Crippen LogP contribution in [0.1, 0.15) is 13.8 Å². The van der Waals surface area contributed by atoms with Gasteiger partial charge in [-0.05, 0) is 24.1 Å². The predicted molar refractivity (Wildman–Crippen MR) is 71.6 cm³/mol. The topological polar surface area (TPSA) is 50.4 Å². The fraction of sp³-hybridized carbons (Fsp3) is 0.417. The zero-order chi connectivity index (χ0) is 12.7. The lowest BCUT2D eigenvalue weighted by atomic mass is 10.2. The SMILES string of the molecule is CC(C)CONCC(=O)Nc1cccc(Br)c1. The molecule has 2 N–H and O–H groups in total. The van der Waals surface area contributed by atoms with E-state index in [2.05, 4.69) is 26.7 Å². The van der Waals surface area contributed by atoms with Gasteiger partial charge in [0.05, 0.1) is 6.61 Å². The second kappa shape index (κ2) is 7.42. The summed E-state index contributed by atoms with van der Waals surface area (Å²) in [5.41, 5.74) is 3.39. The highest BCUT2D eigenvalue weighted by Crippen LogP contribution is 2.15. The van der Waals surface area contributed by atoms with E-state index in [-0.39, 0.29) is 12.5 Å². The molecule has 5 heteroatoms. The number of rotatable bonds is 6. The van der Waals surface area contributed by atoms with Crippen LogP contribution in [-0.2, 0) is 9.63 Å². The molecule has 0 fully saturated rings. The molecule has 0 heterocycles. The Kier molecular flexibility index (Phi) is 6.18. The molecule has 0 atom stereocenters. The summed E-state index contributed by atoms with van der Waals surface area (Å²) < 4.78 is 0.930. The van der Waals surface area contributed by atoms with Gasteiger partial charge in [0.25, 0.3) is 0 Å². The van der Waals surface area contributed by atoms with Crippen molar-refractivity contribution in [3.63, 3.8) is 0 Å². The van der Waals surface area contributed by atoms with Crippen LogP contribution >= 0.6 is 15.9 Å². The minimum Gasteiger partial charge on any atom is -0.325 e. The Hall–Kier alpha value is -0.910. The summed E-state index contributed by atoms with van der Waals surface area (Å²) in [5, 5.41) is 2.76. The van der Waals surface area contributed by atoms with E-state index in [0.29, 0.717) is 12.5 Å². The molecule has 0 aliphatic carbocycles. The number of carbonyl (C=O) groups excluding carboxylic acids is 1. The lowest BCUT2D eigenvalue weighted by molar-refractivity contribution is -0.118. The minimum absolute atomic E-state index is 0.133. The maximum absolute atomic E-state index is 11.5. The molecule has 1 aromatic carbocycles. The summed E-state index contributed by atoms with van der Waals surface area (Å²) >= 11 is 3.34. The molecule has 17 heavy (non-hydrogen) atoms. The van der Waals surface area contributed by atoms with Gasteiger partial charge in [-0.2, -0.15) is 5.48 Å². The Morgan fingerprint density at radius 1 is 1.47 bits per heavy atom. The van der Waals surface area contributed by atoms with Gasteiger partial charge < -0.3 is 10.2 Å². The number of benzene rings is 1. The molecule has 0 aromatic heterocycles. The highest BCUT2D eigenvalue weighted by molar-refractivity contribution is 9.10. The van der Waals surface area contributed by atoms with Crippen molar-refractivity contribution in [3.05, 3.63) is 28.7 Å². The van der Waals surface area contributed by atoms with Gasteiger partial charge in [0.15, 0.2) is 0 Å². The third-order valence-corrected chi connectivity index (χ3v) is 2.35. The van der Waals surface area contributed by atoms with Gasteiger partial charge in [0, 0.05) is 10.2 Å². The summed E-state index contributed by atoms with van der Waals surface area (Å²) in [7, 11) is 0. The van der Waals surface area contributed by atoms with E-state index < -0.39 is 0 Å². The Morgan fingerprint density at radius 2 is 2.24 bits per heavy atom. The summed E-state index contributed by atoms with van der Waals surface area (Å²) in [6.07, 6.45) is 0. The van der Waals surface area contributed by atoms with E-state index in [1.165, 1.54) is 0 Å². The monoisotopic (exact) mass is 300 g/mol. The normalized spacial score (nSPS) is 10.6. The zero-order valence-corrected chi connectivity index (χ0v) is 11.6. The molecule has 4 nitrogen and oxygen atoms in total. The van der Waals surface area contributed by atoms with Crippen LogP contribution in [0.15, 0.2) is 28.7 Å². The van der Waals surface area contributed by atoms with Crippen LogP contribution in [0, 0.1) is 5.92 Å². The van der Waals surface area contributed by atoms with E-state index in [1.54, 1.807) is 0 Å². The summed E-state index contributed by atoms with van der Waals surface area (Å²) in [6.45, 7) is 4.82. The Balaban J connectivity index is 2.25. The molecule has 94 valence electrons. The maximum Gasteiger partial charge on any atom is 0.240 e. The molecule has 0 radical (unpaired) electrons. The van der Waals surface area contributed by atoms with Crippen LogP contribution in [-0.4, -0.2) is 19.1 Å². The Labute approximate surface area is 110 Å². The van der Waals surface area contributed by atoms with Crippen LogP contribution in [0.5, 0.6) is 0 Å². The summed E-state index contributed by atoms with van der Waals surface area (Å²) in [5.74, 6) is 0.308. The molecule has 0 aliphatic heterocycles. The first-order chi connectivity index (χ1) is 8.08. The van der Waals surface area contributed by atoms with E-state index >= 15 is 0 Å². The van der Waals surface area contributed by atoms with Crippen molar-refractivity contribution in [1.82, 2.24) is 5.48 Å². The number of amides is 1. The number of carbonyl (C=O) groups is 1. The predicted octanol–water partition coefficient (Wildman–Crippen LogP) is 2.56. The molecule has 1 amide bonds. The van der Waals surface area contributed by atoms with Gasteiger partial charge in [-0.3, -0.25) is 4.79 Å². The molecule has 0 aliphatic rings. The van der Waals surface area contributed by atoms with Gasteiger partial charge in [-0.25, -0.2) is 0 Å². The van der Waals surface area contributed by atoms with Crippen LogP contribution in [0.25, 0.3) is 0 Å². The Morgan fingerprint density at radius 3 is 2.88 bits per heavy atom. The molecule has 0 saturated carbocycles. The highest BCUT2D eigenvalue weighted by Gasteiger charge is 2.02. The van der Waals surface area contributed by atoms with Crippen LogP contribution < -0.4 is 10.8 Å². The number of hydroxylamine groups is 1. The van der Waals surface area contributed by atoms with Crippen molar-refractivity contribution >= 4 is 27.5 Å². The maximum atomic E-state index is 11.5. The fourth-order valence-corrected chi connectivity index (χ4v) is 1.51. The van der Waals surface area contributed by atoms with Gasteiger partial charge >= 0.3 is 0 Å². The highest BCUT2D eigenvalue weighted by atomic mass is 79.9. The first-order valence-corrected chi connectivity index (χ1v) is 6.27. The molecule has 0 unspecified atom stereocenters. The lowest BCUT2D eigenvalue weighted by Crippen LogP contribution is -2.29. The number of halogens is 1. The average molecular weight is 301 g/mol. The van der Waals surface area contributed by atoms with Crippen molar-refractivity contribution in [1.29, 1.82) is 0 Å². The third-order valence-electron chi connectivity index (χ3n) is 1.86. The van der Waals surface area contributed by atoms with Crippen LogP contribution in [0.4, 0.5) is 5.69 Å². The molecule has 0 saturated heterocycles. The standard InChI is InChI=1S/C12H17BrN2O2/c1-9(2)8-17-14-7-12(16)15-11-5-3-4-10(13)6-11/h3-6,9,14H,7-8H2,1-2H3,(H,15,16). The van der Waals surface area contributed by atoms with Crippen molar-refractivity contribution in [3.8, 4) is 0 Å². The first kappa shape index (κ1) is 14.2. The van der Waals surface area contributed by atoms with Gasteiger partial charge in [-0.15, -0.1) is 0 Å². The van der Waals surface area contributed by atoms with Crippen molar-refractivity contribution < 1.29 is 9.63 Å². The van der Waals surface area contributed by atoms with E-state index in [0.717, 1.165) is 10.2 Å². The molecule has 0 spiro atoms. The van der Waals surface area contributed by atoms with Gasteiger partial charge in [-0.1, -0.05) is 35.8 Å². The molecule has 1 rings (SSSR count). The number of nitrogens with one attached hydrogen (secondary N) is 2. The smallest absolute Gasteiger partial charge is 0.240 e. The molecule has 0 bridgehead atoms. The number of hydrogen-bond donors (Lipinski definition) is 2. The minimum atomic E-state index is -0.133. The van der Waals surface area contributed by atoms with Crippen molar-refractivity contribution in [2.75, 3.05) is 18.5 Å². The average Bonchev–Trinajstić information content (AvgIpc) is 2.24. The van der Waals surface area contributed by atoms with Crippen LogP contribution in [0.3, 0.4) is 0 Å². The second-order valence-corrected chi connectivity index (χ2v) is 5.00. The molecule has 1 aromatic rings. The largest absolute Gasteiger partial charge is 0.325 e. The lowest BCUT2D eigenvalue weighted by Gasteiger charge is -2.08. The second-order valence-electron chi connectivity index (χ2n) is 4.08. The third kappa shape index (κ3) is 6.41. The number of hydrogen-bond acceptors (Lipinski definition) is 3. The molecular formula is C12H17BrN2O2. The van der Waals surface area contributed by atoms with E-state index in [4.69, 9.17) is 4.84 Å². The first-order valence-electron chi connectivity index (χ1n) is 5.48. The number of anilines is 1. The van der Waals surface area contributed by atoms with E-state index in [1.807, 2.05) is 38.1 Å². The van der Waals surface area contributed by atoms with Gasteiger partial charge in [0.1, 0.15) is 6.54 Å². The van der Waals surface area contributed by atoms with Crippen LogP contribution in [0.2, 0.25) is 0 Å². The summed E-state index contributed by atoms with van der Waals surface area (Å²) in [4.78, 5) is 16.6. The summed E-state index contributed by atoms with van der Waals surface area (Å²) in [6, 6.07) is 7.44. The van der Waals surface area contributed by atoms with Crippen molar-refractivity contribution in [2.45, 2.75) is 13.8 Å². The van der Waals surface area contributed by atoms with E-state index in [9.17, 15) is 4.79 Å². The van der Waals surface area contributed by atoms with Crippen molar-refractivity contribution in [2.24, 2.45) is 5.92 Å². The fourth-order valence-electron chi connectivity index (χ4n) is 1.11. The zero-order valence-electron chi connectivity index (χ0n) is 10.00.